The Kier molecular flexibility index (Phi) is 4.47. The number of nitrogens with two attached hydrogens (primary N) is 1. The van der Waals surface area contributed by atoms with Gasteiger partial charge in [-0.1, -0.05) is 6.07 Å². The summed E-state index contributed by atoms with van der Waals surface area (Å²) in [7, 11) is -3.41. The molecule has 0 unspecified atom stereocenters. The number of sulfonamides is 1. The predicted molar refractivity (Wildman–Crippen MR) is 85.7 cm³/mol. The molecule has 0 bridgehead atoms. The van der Waals surface area contributed by atoms with E-state index < -0.39 is 10.0 Å². The maximum atomic E-state index is 12.2. The largest absolute Gasteiger partial charge is 0.398 e. The molecule has 0 spiro atoms. The van der Waals surface area contributed by atoms with Crippen molar-refractivity contribution in [2.24, 2.45) is 0 Å². The molecule has 0 radical (unpaired) electrons. The van der Waals surface area contributed by atoms with Crippen LogP contribution in [0.4, 0.5) is 11.4 Å². The number of nitrogens with one attached hydrogen (secondary N) is 1. The van der Waals surface area contributed by atoms with Crippen LogP contribution in [0.25, 0.3) is 0 Å². The first-order valence-corrected chi connectivity index (χ1v) is 8.29. The zero-order valence-electron chi connectivity index (χ0n) is 12.1. The molecule has 21 heavy (non-hydrogen) atoms. The van der Waals surface area contributed by atoms with Crippen molar-refractivity contribution in [2.75, 3.05) is 16.2 Å². The lowest BCUT2D eigenvalue weighted by Crippen LogP contribution is -2.19. The Labute approximate surface area is 125 Å². The van der Waals surface area contributed by atoms with Crippen LogP contribution in [0.1, 0.15) is 16.7 Å². The normalized spacial score (nSPS) is 11.3. The number of nitrogen functional groups attached to an aromatic ring is 1. The molecule has 1 aromatic carbocycles. The summed E-state index contributed by atoms with van der Waals surface area (Å²) in [6, 6.07) is 7.17. The molecular formula is C15H19N3O2S. The van der Waals surface area contributed by atoms with E-state index >= 15 is 0 Å². The van der Waals surface area contributed by atoms with E-state index in [1.807, 2.05) is 32.0 Å². The molecule has 2 rings (SSSR count). The highest BCUT2D eigenvalue weighted by Crippen LogP contribution is 2.25. The Morgan fingerprint density at radius 3 is 2.48 bits per heavy atom. The SMILES string of the molecule is Cc1ccc(NS(=O)(=O)CCc2ccncc2)c(C)c1N. The molecule has 0 atom stereocenters. The van der Waals surface area contributed by atoms with Crippen molar-refractivity contribution in [3.8, 4) is 0 Å². The molecular weight excluding hydrogens is 286 g/mol. The first kappa shape index (κ1) is 15.3. The zero-order valence-corrected chi connectivity index (χ0v) is 12.9. The summed E-state index contributed by atoms with van der Waals surface area (Å²) in [4.78, 5) is 3.91. The van der Waals surface area contributed by atoms with Crippen molar-refractivity contribution in [3.05, 3.63) is 53.3 Å². The molecule has 3 N–H and O–H groups in total. The number of nitrogens with zero attached hydrogens (tertiary/aromatic N) is 1. The smallest absolute Gasteiger partial charge is 0.233 e. The van der Waals surface area contributed by atoms with Crippen LogP contribution in [-0.4, -0.2) is 19.2 Å². The molecule has 0 aliphatic carbocycles. The van der Waals surface area contributed by atoms with Gasteiger partial charge in [0.1, 0.15) is 0 Å². The molecule has 1 aromatic heterocycles. The van der Waals surface area contributed by atoms with Gasteiger partial charge < -0.3 is 5.73 Å². The summed E-state index contributed by atoms with van der Waals surface area (Å²) in [5, 5.41) is 0. The minimum absolute atomic E-state index is 0.0181. The van der Waals surface area contributed by atoms with Gasteiger partial charge in [0, 0.05) is 18.1 Å². The summed E-state index contributed by atoms with van der Waals surface area (Å²) >= 11 is 0. The van der Waals surface area contributed by atoms with Gasteiger partial charge in [-0.3, -0.25) is 9.71 Å². The number of aryl methyl sites for hydroxylation is 2. The van der Waals surface area contributed by atoms with Crippen LogP contribution >= 0.6 is 0 Å². The molecule has 0 saturated heterocycles. The third-order valence-electron chi connectivity index (χ3n) is 3.41. The number of pyridine rings is 1. The highest BCUT2D eigenvalue weighted by Gasteiger charge is 2.13. The lowest BCUT2D eigenvalue weighted by atomic mass is 10.1. The van der Waals surface area contributed by atoms with Crippen LogP contribution in [0, 0.1) is 13.8 Å². The summed E-state index contributed by atoms with van der Waals surface area (Å²) in [5.74, 6) is 0.0181. The molecule has 0 amide bonds. The molecule has 5 nitrogen and oxygen atoms in total. The second-order valence-electron chi connectivity index (χ2n) is 5.00. The van der Waals surface area contributed by atoms with E-state index in [9.17, 15) is 8.42 Å². The molecule has 0 aliphatic rings. The van der Waals surface area contributed by atoms with Gasteiger partial charge in [0.2, 0.25) is 10.0 Å². The van der Waals surface area contributed by atoms with Gasteiger partial charge >= 0.3 is 0 Å². The number of anilines is 2. The summed E-state index contributed by atoms with van der Waals surface area (Å²) < 4.78 is 26.9. The van der Waals surface area contributed by atoms with Crippen molar-refractivity contribution in [2.45, 2.75) is 20.3 Å². The average molecular weight is 305 g/mol. The number of benzene rings is 1. The van der Waals surface area contributed by atoms with E-state index in [1.165, 1.54) is 0 Å². The van der Waals surface area contributed by atoms with Crippen molar-refractivity contribution in [1.82, 2.24) is 4.98 Å². The second-order valence-corrected chi connectivity index (χ2v) is 6.84. The summed E-state index contributed by atoms with van der Waals surface area (Å²) in [6.45, 7) is 3.70. The number of hydrogen-bond donors (Lipinski definition) is 2. The first-order chi connectivity index (χ1) is 9.89. The third kappa shape index (κ3) is 3.95. The molecule has 0 fully saturated rings. The second kappa shape index (κ2) is 6.13. The Morgan fingerprint density at radius 1 is 1.14 bits per heavy atom. The van der Waals surface area contributed by atoms with Crippen LogP contribution in [-0.2, 0) is 16.4 Å². The van der Waals surface area contributed by atoms with Gasteiger partial charge in [-0.25, -0.2) is 8.42 Å². The van der Waals surface area contributed by atoms with E-state index in [2.05, 4.69) is 9.71 Å². The molecule has 0 saturated carbocycles. The highest BCUT2D eigenvalue weighted by molar-refractivity contribution is 7.92. The van der Waals surface area contributed by atoms with Gasteiger partial charge in [-0.2, -0.15) is 0 Å². The Bertz CT molecular complexity index is 728. The van der Waals surface area contributed by atoms with Gasteiger partial charge in [0.15, 0.2) is 0 Å². The fourth-order valence-corrected chi connectivity index (χ4v) is 3.16. The highest BCUT2D eigenvalue weighted by atomic mass is 32.2. The van der Waals surface area contributed by atoms with E-state index in [0.717, 1.165) is 16.7 Å². The van der Waals surface area contributed by atoms with Crippen LogP contribution in [0.5, 0.6) is 0 Å². The maximum Gasteiger partial charge on any atom is 0.233 e. The van der Waals surface area contributed by atoms with Gasteiger partial charge in [0.25, 0.3) is 0 Å². The summed E-state index contributed by atoms with van der Waals surface area (Å²) in [6.07, 6.45) is 3.75. The van der Waals surface area contributed by atoms with Crippen LogP contribution in [0.2, 0.25) is 0 Å². The minimum atomic E-state index is -3.41. The van der Waals surface area contributed by atoms with Crippen molar-refractivity contribution in [1.29, 1.82) is 0 Å². The van der Waals surface area contributed by atoms with Gasteiger partial charge in [0.05, 0.1) is 11.4 Å². The first-order valence-electron chi connectivity index (χ1n) is 6.64. The van der Waals surface area contributed by atoms with Crippen molar-refractivity contribution >= 4 is 21.4 Å². The third-order valence-corrected chi connectivity index (χ3v) is 4.68. The van der Waals surface area contributed by atoms with E-state index in [-0.39, 0.29) is 5.75 Å². The maximum absolute atomic E-state index is 12.2. The minimum Gasteiger partial charge on any atom is -0.398 e. The fourth-order valence-electron chi connectivity index (χ4n) is 1.99. The number of aromatic nitrogens is 1. The van der Waals surface area contributed by atoms with E-state index in [4.69, 9.17) is 5.73 Å². The van der Waals surface area contributed by atoms with Crippen LogP contribution in [0.3, 0.4) is 0 Å². The molecule has 1 heterocycles. The molecule has 0 aliphatic heterocycles. The Hall–Kier alpha value is -2.08. The molecule has 6 heteroatoms. The van der Waals surface area contributed by atoms with E-state index in [0.29, 0.717) is 17.8 Å². The topological polar surface area (TPSA) is 85.1 Å². The molecule has 112 valence electrons. The number of hydrogen-bond acceptors (Lipinski definition) is 4. The Balaban J connectivity index is 2.10. The predicted octanol–water partition coefficient (Wildman–Crippen LogP) is 2.27. The van der Waals surface area contributed by atoms with Gasteiger partial charge in [-0.15, -0.1) is 0 Å². The Morgan fingerprint density at radius 2 is 1.81 bits per heavy atom. The van der Waals surface area contributed by atoms with E-state index in [1.54, 1.807) is 18.5 Å². The number of rotatable bonds is 5. The van der Waals surface area contributed by atoms with Crippen molar-refractivity contribution in [3.63, 3.8) is 0 Å². The fraction of sp³-hybridized carbons (Fsp3) is 0.267. The van der Waals surface area contributed by atoms with Crippen LogP contribution in [0.15, 0.2) is 36.7 Å². The molecule has 2 aromatic rings. The standard InChI is InChI=1S/C15H19N3O2S/c1-11-3-4-14(12(2)15(11)16)18-21(19,20)10-7-13-5-8-17-9-6-13/h3-6,8-9,18H,7,10,16H2,1-2H3. The monoisotopic (exact) mass is 305 g/mol. The van der Waals surface area contributed by atoms with Crippen molar-refractivity contribution < 1.29 is 8.42 Å². The lowest BCUT2D eigenvalue weighted by molar-refractivity contribution is 0.600. The van der Waals surface area contributed by atoms with Gasteiger partial charge in [-0.05, 0) is 55.2 Å². The quantitative estimate of drug-likeness (QED) is 0.830. The van der Waals surface area contributed by atoms with Crippen LogP contribution < -0.4 is 10.5 Å². The summed E-state index contributed by atoms with van der Waals surface area (Å²) in [5.41, 5.74) is 9.70. The average Bonchev–Trinajstić information content (AvgIpc) is 2.47. The zero-order chi connectivity index (χ0) is 15.5. The lowest BCUT2D eigenvalue weighted by Gasteiger charge is -2.13.